The van der Waals surface area contributed by atoms with E-state index in [0.717, 1.165) is 43.9 Å². The highest BCUT2D eigenvalue weighted by molar-refractivity contribution is 5.85. The summed E-state index contributed by atoms with van der Waals surface area (Å²) in [6.07, 6.45) is 3.04. The summed E-state index contributed by atoms with van der Waals surface area (Å²) >= 11 is 0. The average molecular weight is 365 g/mol. The molecule has 136 valence electrons. The van der Waals surface area contributed by atoms with Gasteiger partial charge in [0.1, 0.15) is 23.4 Å². The number of rotatable bonds is 7. The van der Waals surface area contributed by atoms with Crippen molar-refractivity contribution in [1.29, 1.82) is 0 Å². The van der Waals surface area contributed by atoms with Gasteiger partial charge in [0.05, 0.1) is 6.61 Å². The number of phenols is 1. The number of aryl methyl sites for hydroxylation is 1. The van der Waals surface area contributed by atoms with Crippen LogP contribution in [0.25, 0.3) is 0 Å². The number of ether oxygens (including phenoxy) is 2. The second-order valence-electron chi connectivity index (χ2n) is 6.05. The van der Waals surface area contributed by atoms with E-state index in [4.69, 9.17) is 15.2 Å². The van der Waals surface area contributed by atoms with Gasteiger partial charge in [0.15, 0.2) is 0 Å². The first kappa shape index (κ1) is 19.2. The molecule has 0 saturated carbocycles. The van der Waals surface area contributed by atoms with Crippen molar-refractivity contribution in [3.8, 4) is 17.2 Å². The molecule has 0 saturated heterocycles. The highest BCUT2D eigenvalue weighted by atomic mass is 35.5. The molecule has 6 heteroatoms. The van der Waals surface area contributed by atoms with Crippen LogP contribution in [0.4, 0.5) is 5.69 Å². The van der Waals surface area contributed by atoms with Crippen molar-refractivity contribution in [2.24, 2.45) is 0 Å². The lowest BCUT2D eigenvalue weighted by atomic mass is 10.0. The van der Waals surface area contributed by atoms with Crippen LogP contribution in [0.15, 0.2) is 42.5 Å². The number of benzene rings is 2. The number of phenolic OH excluding ortho intramolecular Hbond substituents is 1. The summed E-state index contributed by atoms with van der Waals surface area (Å²) in [7, 11) is 0. The van der Waals surface area contributed by atoms with Crippen LogP contribution in [0.2, 0.25) is 0 Å². The summed E-state index contributed by atoms with van der Waals surface area (Å²) in [5.41, 5.74) is 7.60. The molecule has 1 aliphatic rings. The Hall–Kier alpha value is -2.11. The monoisotopic (exact) mass is 364 g/mol. The molecular formula is C19H25ClN2O3. The normalized spacial score (nSPS) is 15.6. The number of nitrogen functional groups attached to an aromatic ring is 1. The van der Waals surface area contributed by atoms with Crippen molar-refractivity contribution in [3.05, 3.63) is 48.0 Å². The van der Waals surface area contributed by atoms with Gasteiger partial charge in [0, 0.05) is 24.4 Å². The lowest BCUT2D eigenvalue weighted by Crippen LogP contribution is -2.34. The van der Waals surface area contributed by atoms with Crippen LogP contribution < -0.4 is 20.5 Å². The van der Waals surface area contributed by atoms with Crippen LogP contribution in [0.3, 0.4) is 0 Å². The maximum atomic E-state index is 9.54. The van der Waals surface area contributed by atoms with Crippen LogP contribution >= 0.6 is 12.4 Å². The number of hydrogen-bond donors (Lipinski definition) is 3. The Kier molecular flexibility index (Phi) is 7.22. The molecule has 1 unspecified atom stereocenters. The second kappa shape index (κ2) is 9.39. The molecule has 1 atom stereocenters. The molecule has 0 fully saturated rings. The van der Waals surface area contributed by atoms with Gasteiger partial charge in [-0.25, -0.2) is 0 Å². The van der Waals surface area contributed by atoms with E-state index in [1.54, 1.807) is 12.1 Å². The Bertz CT molecular complexity index is 681. The molecule has 0 aromatic heterocycles. The smallest absolute Gasteiger partial charge is 0.126 e. The zero-order valence-electron chi connectivity index (χ0n) is 14.1. The fourth-order valence-corrected chi connectivity index (χ4v) is 2.81. The van der Waals surface area contributed by atoms with Gasteiger partial charge >= 0.3 is 0 Å². The maximum Gasteiger partial charge on any atom is 0.126 e. The molecule has 2 aromatic rings. The molecular weight excluding hydrogens is 340 g/mol. The van der Waals surface area contributed by atoms with Crippen LogP contribution in [0, 0.1) is 0 Å². The largest absolute Gasteiger partial charge is 0.508 e. The zero-order chi connectivity index (χ0) is 16.8. The van der Waals surface area contributed by atoms with E-state index in [0.29, 0.717) is 12.3 Å². The lowest BCUT2D eigenvalue weighted by Gasteiger charge is -2.26. The fraction of sp³-hybridized carbons (Fsp3) is 0.368. The topological polar surface area (TPSA) is 76.7 Å². The summed E-state index contributed by atoms with van der Waals surface area (Å²) in [6, 6.07) is 12.8. The van der Waals surface area contributed by atoms with Gasteiger partial charge in [0.25, 0.3) is 0 Å². The zero-order valence-corrected chi connectivity index (χ0v) is 14.9. The molecule has 0 amide bonds. The Balaban J connectivity index is 0.00000225. The van der Waals surface area contributed by atoms with Crippen molar-refractivity contribution in [2.75, 3.05) is 25.4 Å². The van der Waals surface area contributed by atoms with Crippen LogP contribution in [-0.2, 0) is 6.42 Å². The van der Waals surface area contributed by atoms with Crippen molar-refractivity contribution in [3.63, 3.8) is 0 Å². The summed E-state index contributed by atoms with van der Waals surface area (Å²) in [4.78, 5) is 0. The molecule has 3 rings (SSSR count). The second-order valence-corrected chi connectivity index (χ2v) is 6.05. The number of hydrogen-bond acceptors (Lipinski definition) is 5. The molecule has 0 aliphatic carbocycles. The van der Waals surface area contributed by atoms with E-state index in [1.165, 1.54) is 5.56 Å². The van der Waals surface area contributed by atoms with Gasteiger partial charge in [-0.3, -0.25) is 0 Å². The van der Waals surface area contributed by atoms with E-state index in [2.05, 4.69) is 5.32 Å². The number of halogens is 1. The average Bonchev–Trinajstić information content (AvgIpc) is 2.57. The molecule has 0 spiro atoms. The fourth-order valence-electron chi connectivity index (χ4n) is 2.81. The summed E-state index contributed by atoms with van der Waals surface area (Å²) < 4.78 is 11.6. The SMILES string of the molecule is Cl.Nc1cccc(OCCCNCC2CCc3ccc(O)cc3O2)c1. The Labute approximate surface area is 154 Å². The Morgan fingerprint density at radius 3 is 2.96 bits per heavy atom. The van der Waals surface area contributed by atoms with Crippen LogP contribution in [0.1, 0.15) is 18.4 Å². The number of fused-ring (bicyclic) bond motifs is 1. The molecule has 1 aliphatic heterocycles. The predicted molar refractivity (Wildman–Crippen MR) is 102 cm³/mol. The van der Waals surface area contributed by atoms with Crippen molar-refractivity contribution in [2.45, 2.75) is 25.4 Å². The number of anilines is 1. The molecule has 1 heterocycles. The first-order valence-electron chi connectivity index (χ1n) is 8.38. The van der Waals surface area contributed by atoms with Crippen molar-refractivity contribution >= 4 is 18.1 Å². The highest BCUT2D eigenvalue weighted by Crippen LogP contribution is 2.30. The highest BCUT2D eigenvalue weighted by Gasteiger charge is 2.19. The molecule has 0 radical (unpaired) electrons. The minimum Gasteiger partial charge on any atom is -0.508 e. The van der Waals surface area contributed by atoms with Crippen molar-refractivity contribution < 1.29 is 14.6 Å². The molecule has 4 N–H and O–H groups in total. The van der Waals surface area contributed by atoms with E-state index in [-0.39, 0.29) is 24.3 Å². The minimum absolute atomic E-state index is 0. The van der Waals surface area contributed by atoms with Gasteiger partial charge < -0.3 is 25.6 Å². The van der Waals surface area contributed by atoms with Crippen molar-refractivity contribution in [1.82, 2.24) is 5.32 Å². The first-order valence-corrected chi connectivity index (χ1v) is 8.38. The summed E-state index contributed by atoms with van der Waals surface area (Å²) in [5, 5.41) is 12.9. The number of nitrogens with two attached hydrogens (primary N) is 1. The third-order valence-corrected chi connectivity index (χ3v) is 4.08. The van der Waals surface area contributed by atoms with Gasteiger partial charge in [-0.2, -0.15) is 0 Å². The minimum atomic E-state index is 0. The molecule has 25 heavy (non-hydrogen) atoms. The van der Waals surface area contributed by atoms with Crippen LogP contribution in [-0.4, -0.2) is 30.9 Å². The quantitative estimate of drug-likeness (QED) is 0.519. The van der Waals surface area contributed by atoms with Gasteiger partial charge in [0.2, 0.25) is 0 Å². The van der Waals surface area contributed by atoms with E-state index in [1.807, 2.05) is 30.3 Å². The summed E-state index contributed by atoms with van der Waals surface area (Å²) in [6.45, 7) is 2.32. The molecule has 0 bridgehead atoms. The first-order chi connectivity index (χ1) is 11.7. The Morgan fingerprint density at radius 2 is 2.12 bits per heavy atom. The third-order valence-electron chi connectivity index (χ3n) is 4.08. The molecule has 2 aromatic carbocycles. The van der Waals surface area contributed by atoms with Gasteiger partial charge in [-0.05, 0) is 49.6 Å². The summed E-state index contributed by atoms with van der Waals surface area (Å²) in [5.74, 6) is 1.86. The van der Waals surface area contributed by atoms with E-state index >= 15 is 0 Å². The predicted octanol–water partition coefficient (Wildman–Crippen LogP) is 3.15. The van der Waals surface area contributed by atoms with Gasteiger partial charge in [-0.1, -0.05) is 12.1 Å². The maximum absolute atomic E-state index is 9.54. The Morgan fingerprint density at radius 1 is 1.24 bits per heavy atom. The van der Waals surface area contributed by atoms with E-state index in [9.17, 15) is 5.11 Å². The lowest BCUT2D eigenvalue weighted by molar-refractivity contribution is 0.169. The van der Waals surface area contributed by atoms with E-state index < -0.39 is 0 Å². The van der Waals surface area contributed by atoms with Crippen LogP contribution in [0.5, 0.6) is 17.2 Å². The standard InChI is InChI=1S/C19H24N2O3.ClH/c20-15-3-1-4-17(11-15)23-10-2-9-21-13-18-8-6-14-5-7-16(22)12-19(14)24-18;/h1,3-5,7,11-12,18,21-22H,2,6,8-10,13,20H2;1H. The third kappa shape index (κ3) is 5.73. The van der Waals surface area contributed by atoms with Gasteiger partial charge in [-0.15, -0.1) is 12.4 Å². The number of aromatic hydroxyl groups is 1. The molecule has 5 nitrogen and oxygen atoms in total. The number of nitrogens with one attached hydrogen (secondary N) is 1.